The van der Waals surface area contributed by atoms with Gasteiger partial charge in [-0.2, -0.15) is 0 Å². The first kappa shape index (κ1) is 19.1. The van der Waals surface area contributed by atoms with Crippen LogP contribution in [0.4, 0.5) is 5.82 Å². The third kappa shape index (κ3) is 4.26. The average Bonchev–Trinajstić information content (AvgIpc) is 2.77. The summed E-state index contributed by atoms with van der Waals surface area (Å²) in [6, 6.07) is 16.2. The molecule has 0 atom stereocenters. The number of nitrogens with zero attached hydrogens (tertiary/aromatic N) is 5. The molecule has 0 fully saturated rings. The highest BCUT2D eigenvalue weighted by Gasteiger charge is 2.25. The number of anilines is 1. The summed E-state index contributed by atoms with van der Waals surface area (Å²) < 4.78 is 0. The second-order valence-electron chi connectivity index (χ2n) is 7.36. The Morgan fingerprint density at radius 1 is 1.10 bits per heavy atom. The number of fused-ring (bicyclic) bond motifs is 1. The Morgan fingerprint density at radius 2 is 1.90 bits per heavy atom. The van der Waals surface area contributed by atoms with Gasteiger partial charge in [-0.15, -0.1) is 0 Å². The monoisotopic (exact) mass is 387 g/mol. The summed E-state index contributed by atoms with van der Waals surface area (Å²) in [5, 5.41) is 0. The number of amides is 1. The zero-order chi connectivity index (χ0) is 20.2. The van der Waals surface area contributed by atoms with E-state index in [1.807, 2.05) is 29.2 Å². The number of carbonyl (C=O) groups is 1. The molecule has 1 aliphatic heterocycles. The first-order chi connectivity index (χ1) is 14.1. The first-order valence-corrected chi connectivity index (χ1v) is 9.93. The number of benzene rings is 1. The molecule has 2 aromatic heterocycles. The first-order valence-electron chi connectivity index (χ1n) is 9.93. The molecule has 6 nitrogen and oxygen atoms in total. The standard InChI is InChI=1S/C23H25N5O/c1-17(29)28-15-12-19-21(16-28)25-22(20-10-6-7-13-24-20)26-23(19)27(2)14-11-18-8-4-3-5-9-18/h3-10,13H,11-12,14-16H2,1-2H3. The topological polar surface area (TPSA) is 62.2 Å². The van der Waals surface area contributed by atoms with Gasteiger partial charge < -0.3 is 9.80 Å². The molecule has 0 N–H and O–H groups in total. The molecule has 4 rings (SSSR count). The van der Waals surface area contributed by atoms with Gasteiger partial charge in [0, 0.05) is 38.8 Å². The van der Waals surface area contributed by atoms with Crippen molar-refractivity contribution in [3.8, 4) is 11.5 Å². The largest absolute Gasteiger partial charge is 0.359 e. The molecule has 29 heavy (non-hydrogen) atoms. The normalized spacial score (nSPS) is 13.1. The summed E-state index contributed by atoms with van der Waals surface area (Å²) in [6.45, 7) is 3.69. The van der Waals surface area contributed by atoms with E-state index in [1.54, 1.807) is 13.1 Å². The van der Waals surface area contributed by atoms with E-state index in [2.05, 4.69) is 41.2 Å². The Labute approximate surface area is 171 Å². The van der Waals surface area contributed by atoms with Gasteiger partial charge in [-0.25, -0.2) is 9.97 Å². The maximum absolute atomic E-state index is 11.9. The van der Waals surface area contributed by atoms with Crippen LogP contribution >= 0.6 is 0 Å². The van der Waals surface area contributed by atoms with Crippen LogP contribution in [0.2, 0.25) is 0 Å². The Balaban J connectivity index is 1.68. The molecule has 1 amide bonds. The Morgan fingerprint density at radius 3 is 2.62 bits per heavy atom. The minimum Gasteiger partial charge on any atom is -0.359 e. The molecule has 0 radical (unpaired) electrons. The molecule has 0 saturated carbocycles. The van der Waals surface area contributed by atoms with Crippen LogP contribution in [-0.4, -0.2) is 45.9 Å². The molecule has 3 heterocycles. The second kappa shape index (κ2) is 8.39. The molecule has 1 aromatic carbocycles. The predicted octanol–water partition coefficient (Wildman–Crippen LogP) is 3.12. The van der Waals surface area contributed by atoms with E-state index in [0.717, 1.165) is 42.2 Å². The van der Waals surface area contributed by atoms with Crippen LogP contribution in [0.15, 0.2) is 54.7 Å². The van der Waals surface area contributed by atoms with Gasteiger partial charge >= 0.3 is 0 Å². The number of pyridine rings is 1. The van der Waals surface area contributed by atoms with Crippen molar-refractivity contribution < 1.29 is 4.79 Å². The third-order valence-electron chi connectivity index (χ3n) is 5.32. The molecule has 6 heteroatoms. The number of hydrogen-bond acceptors (Lipinski definition) is 5. The fraction of sp³-hybridized carbons (Fsp3) is 0.304. The van der Waals surface area contributed by atoms with Crippen molar-refractivity contribution >= 4 is 11.7 Å². The van der Waals surface area contributed by atoms with Gasteiger partial charge in [0.05, 0.1) is 12.2 Å². The van der Waals surface area contributed by atoms with Crippen LogP contribution in [0, 0.1) is 0 Å². The van der Waals surface area contributed by atoms with Crippen molar-refractivity contribution in [1.29, 1.82) is 0 Å². The van der Waals surface area contributed by atoms with E-state index in [9.17, 15) is 4.79 Å². The van der Waals surface area contributed by atoms with Crippen LogP contribution in [-0.2, 0) is 24.2 Å². The predicted molar refractivity (Wildman–Crippen MR) is 113 cm³/mol. The lowest BCUT2D eigenvalue weighted by atomic mass is 10.0. The summed E-state index contributed by atoms with van der Waals surface area (Å²) in [4.78, 5) is 30.0. The minimum atomic E-state index is 0.0765. The summed E-state index contributed by atoms with van der Waals surface area (Å²) in [5.74, 6) is 1.62. The molecule has 0 bridgehead atoms. The van der Waals surface area contributed by atoms with E-state index >= 15 is 0 Å². The number of rotatable bonds is 5. The lowest BCUT2D eigenvalue weighted by molar-refractivity contribution is -0.129. The maximum atomic E-state index is 11.9. The minimum absolute atomic E-state index is 0.0765. The molecule has 0 unspecified atom stereocenters. The van der Waals surface area contributed by atoms with Gasteiger partial charge in [0.15, 0.2) is 5.82 Å². The highest BCUT2D eigenvalue weighted by atomic mass is 16.2. The van der Waals surface area contributed by atoms with Crippen LogP contribution < -0.4 is 4.90 Å². The van der Waals surface area contributed by atoms with Gasteiger partial charge in [-0.05, 0) is 30.5 Å². The third-order valence-corrected chi connectivity index (χ3v) is 5.32. The average molecular weight is 387 g/mol. The molecule has 0 aliphatic carbocycles. The van der Waals surface area contributed by atoms with Gasteiger partial charge in [-0.3, -0.25) is 9.78 Å². The van der Waals surface area contributed by atoms with Crippen LogP contribution in [0.1, 0.15) is 23.7 Å². The molecule has 3 aromatic rings. The molecule has 148 valence electrons. The van der Waals surface area contributed by atoms with Crippen molar-refractivity contribution in [1.82, 2.24) is 19.9 Å². The zero-order valence-corrected chi connectivity index (χ0v) is 16.9. The molecule has 0 spiro atoms. The quantitative estimate of drug-likeness (QED) is 0.673. The van der Waals surface area contributed by atoms with Crippen molar-refractivity contribution in [2.45, 2.75) is 26.3 Å². The van der Waals surface area contributed by atoms with E-state index in [-0.39, 0.29) is 5.91 Å². The lowest BCUT2D eigenvalue weighted by Gasteiger charge is -2.31. The highest BCUT2D eigenvalue weighted by Crippen LogP contribution is 2.28. The molecule has 1 aliphatic rings. The van der Waals surface area contributed by atoms with E-state index in [0.29, 0.717) is 18.9 Å². The number of likely N-dealkylation sites (N-methyl/N-ethyl adjacent to an activating group) is 1. The zero-order valence-electron chi connectivity index (χ0n) is 16.9. The van der Waals surface area contributed by atoms with E-state index < -0.39 is 0 Å². The van der Waals surface area contributed by atoms with Crippen molar-refractivity contribution in [3.63, 3.8) is 0 Å². The Kier molecular flexibility index (Phi) is 5.51. The van der Waals surface area contributed by atoms with Crippen molar-refractivity contribution in [2.24, 2.45) is 0 Å². The van der Waals surface area contributed by atoms with Crippen molar-refractivity contribution in [2.75, 3.05) is 25.0 Å². The Bertz CT molecular complexity index is 991. The van der Waals surface area contributed by atoms with Gasteiger partial charge in [-0.1, -0.05) is 36.4 Å². The summed E-state index contributed by atoms with van der Waals surface area (Å²) in [5.41, 5.74) is 4.10. The number of aromatic nitrogens is 3. The number of carbonyl (C=O) groups excluding carboxylic acids is 1. The fourth-order valence-corrected chi connectivity index (χ4v) is 3.65. The lowest BCUT2D eigenvalue weighted by Crippen LogP contribution is -2.36. The van der Waals surface area contributed by atoms with Crippen LogP contribution in [0.5, 0.6) is 0 Å². The summed E-state index contributed by atoms with van der Waals surface area (Å²) in [6.07, 6.45) is 3.45. The molecular weight excluding hydrogens is 362 g/mol. The smallest absolute Gasteiger partial charge is 0.219 e. The number of hydrogen-bond donors (Lipinski definition) is 0. The SMILES string of the molecule is CC(=O)N1CCc2c(nc(-c3ccccn3)nc2N(C)CCc2ccccc2)C1. The highest BCUT2D eigenvalue weighted by molar-refractivity contribution is 5.74. The van der Waals surface area contributed by atoms with Crippen LogP contribution in [0.25, 0.3) is 11.5 Å². The second-order valence-corrected chi connectivity index (χ2v) is 7.36. The Hall–Kier alpha value is -3.28. The van der Waals surface area contributed by atoms with Crippen LogP contribution in [0.3, 0.4) is 0 Å². The van der Waals surface area contributed by atoms with E-state index in [4.69, 9.17) is 9.97 Å². The fourth-order valence-electron chi connectivity index (χ4n) is 3.65. The van der Waals surface area contributed by atoms with Gasteiger partial charge in [0.25, 0.3) is 0 Å². The van der Waals surface area contributed by atoms with Gasteiger partial charge in [0.1, 0.15) is 11.5 Å². The maximum Gasteiger partial charge on any atom is 0.219 e. The van der Waals surface area contributed by atoms with E-state index in [1.165, 1.54) is 5.56 Å². The van der Waals surface area contributed by atoms with Crippen molar-refractivity contribution in [3.05, 3.63) is 71.5 Å². The molecule has 0 saturated heterocycles. The van der Waals surface area contributed by atoms with Gasteiger partial charge in [0.2, 0.25) is 5.91 Å². The summed E-state index contributed by atoms with van der Waals surface area (Å²) in [7, 11) is 2.07. The molecular formula is C23H25N5O. The summed E-state index contributed by atoms with van der Waals surface area (Å²) >= 11 is 0.